The summed E-state index contributed by atoms with van der Waals surface area (Å²) >= 11 is 5.63. The number of benzene rings is 2. The molecule has 0 amide bonds. The van der Waals surface area contributed by atoms with Crippen molar-refractivity contribution in [1.82, 2.24) is 0 Å². The maximum atomic E-state index is 13.3. The molecule has 0 saturated carbocycles. The lowest BCUT2D eigenvalue weighted by Gasteiger charge is -2.12. The molecule has 0 aliphatic carbocycles. The summed E-state index contributed by atoms with van der Waals surface area (Å²) in [5, 5.41) is 0.130. The first kappa shape index (κ1) is 12.9. The third-order valence-corrected chi connectivity index (χ3v) is 3.08. The van der Waals surface area contributed by atoms with Gasteiger partial charge in [-0.15, -0.1) is 0 Å². The van der Waals surface area contributed by atoms with E-state index in [0.29, 0.717) is 6.61 Å². The Morgan fingerprint density at radius 2 is 1.78 bits per heavy atom. The third kappa shape index (κ3) is 2.82. The summed E-state index contributed by atoms with van der Waals surface area (Å²) in [5.74, 6) is 0.437. The maximum absolute atomic E-state index is 13.3. The van der Waals surface area contributed by atoms with E-state index in [1.807, 2.05) is 32.0 Å². The molecule has 2 aromatic rings. The Balaban J connectivity index is 2.14. The molecule has 1 nitrogen and oxygen atoms in total. The molecule has 0 aliphatic rings. The van der Waals surface area contributed by atoms with Crippen LogP contribution in [0.4, 0.5) is 4.39 Å². The third-order valence-electron chi connectivity index (χ3n) is 2.78. The van der Waals surface area contributed by atoms with Crippen molar-refractivity contribution in [3.63, 3.8) is 0 Å². The highest BCUT2D eigenvalue weighted by Crippen LogP contribution is 2.24. The van der Waals surface area contributed by atoms with E-state index in [0.717, 1.165) is 22.4 Å². The predicted molar refractivity (Wildman–Crippen MR) is 71.7 cm³/mol. The highest BCUT2D eigenvalue weighted by atomic mass is 35.5. The standard InChI is InChI=1S/C15H14ClFO/c1-10-4-3-5-11(2)15(10)18-9-12-6-7-13(16)14(17)8-12/h3-8H,9H2,1-2H3. The molecular weight excluding hydrogens is 251 g/mol. The molecule has 0 saturated heterocycles. The minimum absolute atomic E-state index is 0.130. The number of para-hydroxylation sites is 1. The number of ether oxygens (including phenoxy) is 1. The summed E-state index contributed by atoms with van der Waals surface area (Å²) < 4.78 is 19.0. The lowest BCUT2D eigenvalue weighted by Crippen LogP contribution is -1.99. The highest BCUT2D eigenvalue weighted by molar-refractivity contribution is 6.30. The molecule has 0 unspecified atom stereocenters. The molecule has 18 heavy (non-hydrogen) atoms. The van der Waals surface area contributed by atoms with Gasteiger partial charge >= 0.3 is 0 Å². The average molecular weight is 265 g/mol. The minimum atomic E-state index is -0.417. The number of aryl methyl sites for hydroxylation is 2. The van der Waals surface area contributed by atoms with Crippen LogP contribution in [0.2, 0.25) is 5.02 Å². The molecule has 0 aliphatic heterocycles. The number of halogens is 2. The van der Waals surface area contributed by atoms with Crippen LogP contribution >= 0.6 is 11.6 Å². The van der Waals surface area contributed by atoms with Crippen LogP contribution in [0.5, 0.6) is 5.75 Å². The monoisotopic (exact) mass is 264 g/mol. The van der Waals surface area contributed by atoms with E-state index in [-0.39, 0.29) is 5.02 Å². The van der Waals surface area contributed by atoms with Gasteiger partial charge in [-0.1, -0.05) is 35.9 Å². The van der Waals surface area contributed by atoms with Gasteiger partial charge in [0.2, 0.25) is 0 Å². The highest BCUT2D eigenvalue weighted by Gasteiger charge is 2.05. The van der Waals surface area contributed by atoms with Crippen LogP contribution < -0.4 is 4.74 Å². The molecule has 0 aromatic heterocycles. The normalized spacial score (nSPS) is 10.4. The van der Waals surface area contributed by atoms with Crippen LogP contribution in [0.1, 0.15) is 16.7 Å². The average Bonchev–Trinajstić information content (AvgIpc) is 2.33. The molecule has 0 fully saturated rings. The van der Waals surface area contributed by atoms with Crippen LogP contribution in [0.3, 0.4) is 0 Å². The largest absolute Gasteiger partial charge is 0.488 e. The second kappa shape index (κ2) is 5.40. The fraction of sp³-hybridized carbons (Fsp3) is 0.200. The summed E-state index contributed by atoms with van der Waals surface area (Å²) in [6.07, 6.45) is 0. The lowest BCUT2D eigenvalue weighted by atomic mass is 10.1. The number of rotatable bonds is 3. The van der Waals surface area contributed by atoms with Crippen molar-refractivity contribution < 1.29 is 9.13 Å². The topological polar surface area (TPSA) is 9.23 Å². The van der Waals surface area contributed by atoms with Crippen LogP contribution in [0, 0.1) is 19.7 Å². The van der Waals surface area contributed by atoms with E-state index >= 15 is 0 Å². The van der Waals surface area contributed by atoms with E-state index in [9.17, 15) is 4.39 Å². The first-order valence-electron chi connectivity index (χ1n) is 5.71. The van der Waals surface area contributed by atoms with Crippen molar-refractivity contribution in [3.05, 3.63) is 63.9 Å². The van der Waals surface area contributed by atoms with Gasteiger partial charge in [0, 0.05) is 0 Å². The van der Waals surface area contributed by atoms with Gasteiger partial charge in [-0.05, 0) is 42.7 Å². The molecule has 0 bridgehead atoms. The molecule has 0 N–H and O–H groups in total. The first-order chi connectivity index (χ1) is 8.58. The first-order valence-corrected chi connectivity index (χ1v) is 6.08. The SMILES string of the molecule is Cc1cccc(C)c1OCc1ccc(Cl)c(F)c1. The quantitative estimate of drug-likeness (QED) is 0.782. The van der Waals surface area contributed by atoms with Gasteiger partial charge < -0.3 is 4.74 Å². The Kier molecular flexibility index (Phi) is 3.87. The molecule has 94 valence electrons. The Labute approximate surface area is 111 Å². The van der Waals surface area contributed by atoms with Crippen LogP contribution in [-0.4, -0.2) is 0 Å². The molecule has 0 heterocycles. The van der Waals surface area contributed by atoms with Crippen LogP contribution in [-0.2, 0) is 6.61 Å². The number of hydrogen-bond acceptors (Lipinski definition) is 1. The van der Waals surface area contributed by atoms with Crippen molar-refractivity contribution in [2.75, 3.05) is 0 Å². The van der Waals surface area contributed by atoms with Crippen LogP contribution in [0.15, 0.2) is 36.4 Å². The fourth-order valence-corrected chi connectivity index (χ4v) is 1.93. The zero-order valence-corrected chi connectivity index (χ0v) is 11.1. The van der Waals surface area contributed by atoms with Gasteiger partial charge in [0.25, 0.3) is 0 Å². The Morgan fingerprint density at radius 3 is 2.39 bits per heavy atom. The van der Waals surface area contributed by atoms with E-state index in [4.69, 9.17) is 16.3 Å². The predicted octanol–water partition coefficient (Wildman–Crippen LogP) is 4.67. The van der Waals surface area contributed by atoms with E-state index in [1.54, 1.807) is 12.1 Å². The minimum Gasteiger partial charge on any atom is -0.488 e. The molecule has 0 atom stereocenters. The summed E-state index contributed by atoms with van der Waals surface area (Å²) in [6.45, 7) is 4.31. The van der Waals surface area contributed by atoms with Crippen molar-refractivity contribution in [2.45, 2.75) is 20.5 Å². The maximum Gasteiger partial charge on any atom is 0.142 e. The van der Waals surface area contributed by atoms with E-state index in [1.165, 1.54) is 6.07 Å². The lowest BCUT2D eigenvalue weighted by molar-refractivity contribution is 0.301. The van der Waals surface area contributed by atoms with E-state index < -0.39 is 5.82 Å². The summed E-state index contributed by atoms with van der Waals surface area (Å²) in [7, 11) is 0. The van der Waals surface area contributed by atoms with Gasteiger partial charge in [-0.3, -0.25) is 0 Å². The molecule has 3 heteroatoms. The second-order valence-corrected chi connectivity index (χ2v) is 4.67. The van der Waals surface area contributed by atoms with E-state index in [2.05, 4.69) is 0 Å². The summed E-state index contributed by atoms with van der Waals surface area (Å²) in [4.78, 5) is 0. The molecule has 0 spiro atoms. The summed E-state index contributed by atoms with van der Waals surface area (Å²) in [5.41, 5.74) is 2.91. The molecular formula is C15H14ClFO. The molecule has 2 rings (SSSR count). The van der Waals surface area contributed by atoms with Gasteiger partial charge in [0.1, 0.15) is 18.2 Å². The Bertz CT molecular complexity index is 546. The second-order valence-electron chi connectivity index (χ2n) is 4.26. The van der Waals surface area contributed by atoms with Gasteiger partial charge in [0.05, 0.1) is 5.02 Å². The van der Waals surface area contributed by atoms with Gasteiger partial charge in [-0.25, -0.2) is 4.39 Å². The smallest absolute Gasteiger partial charge is 0.142 e. The molecule has 0 radical (unpaired) electrons. The zero-order chi connectivity index (χ0) is 13.1. The van der Waals surface area contributed by atoms with Crippen molar-refractivity contribution in [3.8, 4) is 5.75 Å². The molecule has 2 aromatic carbocycles. The Hall–Kier alpha value is -1.54. The van der Waals surface area contributed by atoms with Gasteiger partial charge in [-0.2, -0.15) is 0 Å². The zero-order valence-electron chi connectivity index (χ0n) is 10.3. The van der Waals surface area contributed by atoms with Crippen molar-refractivity contribution in [1.29, 1.82) is 0 Å². The fourth-order valence-electron chi connectivity index (χ4n) is 1.81. The number of hydrogen-bond donors (Lipinski definition) is 0. The van der Waals surface area contributed by atoms with Crippen LogP contribution in [0.25, 0.3) is 0 Å². The van der Waals surface area contributed by atoms with Crippen molar-refractivity contribution >= 4 is 11.6 Å². The summed E-state index contributed by atoms with van der Waals surface area (Å²) in [6, 6.07) is 10.7. The van der Waals surface area contributed by atoms with Crippen molar-refractivity contribution in [2.24, 2.45) is 0 Å². The van der Waals surface area contributed by atoms with Gasteiger partial charge in [0.15, 0.2) is 0 Å². The Morgan fingerprint density at radius 1 is 1.11 bits per heavy atom.